The van der Waals surface area contributed by atoms with E-state index in [2.05, 4.69) is 20.9 Å². The molecule has 0 aliphatic rings. The van der Waals surface area contributed by atoms with Gasteiger partial charge in [0.2, 0.25) is 0 Å². The third-order valence-corrected chi connectivity index (χ3v) is 3.94. The van der Waals surface area contributed by atoms with Crippen molar-refractivity contribution in [2.45, 2.75) is 0 Å². The molecule has 0 atom stereocenters. The molecule has 0 saturated heterocycles. The van der Waals surface area contributed by atoms with Crippen LogP contribution in [0.2, 0.25) is 5.02 Å². The molecule has 0 saturated carbocycles. The molecular formula is C9H5BrClFN2S. The summed E-state index contributed by atoms with van der Waals surface area (Å²) in [6, 6.07) is 2.91. The number of thiazole rings is 1. The summed E-state index contributed by atoms with van der Waals surface area (Å²) in [5.74, 6) is -0.383. The molecule has 1 heterocycles. The molecule has 2 N–H and O–H groups in total. The van der Waals surface area contributed by atoms with Crippen LogP contribution in [0.5, 0.6) is 0 Å². The molecule has 0 unspecified atom stereocenters. The smallest absolute Gasteiger partial charge is 0.180 e. The molecule has 2 aromatic rings. The van der Waals surface area contributed by atoms with E-state index in [9.17, 15) is 4.39 Å². The Morgan fingerprint density at radius 3 is 2.80 bits per heavy atom. The Balaban J connectivity index is 2.66. The fraction of sp³-hybridized carbons (Fsp3) is 0. The third kappa shape index (κ3) is 2.00. The number of benzene rings is 1. The summed E-state index contributed by atoms with van der Waals surface area (Å²) in [6.07, 6.45) is 1.51. The second kappa shape index (κ2) is 4.08. The molecule has 0 fully saturated rings. The predicted molar refractivity (Wildman–Crippen MR) is 64.6 cm³/mol. The van der Waals surface area contributed by atoms with Gasteiger partial charge in [0.15, 0.2) is 5.13 Å². The van der Waals surface area contributed by atoms with Crippen LogP contribution in [0, 0.1) is 5.82 Å². The first-order valence-corrected chi connectivity index (χ1v) is 5.93. The minimum Gasteiger partial charge on any atom is -0.375 e. The molecular weight excluding hydrogens is 303 g/mol. The summed E-state index contributed by atoms with van der Waals surface area (Å²) < 4.78 is 14.2. The van der Waals surface area contributed by atoms with E-state index < -0.39 is 0 Å². The van der Waals surface area contributed by atoms with Gasteiger partial charge in [-0.2, -0.15) is 0 Å². The van der Waals surface area contributed by atoms with E-state index in [0.717, 1.165) is 0 Å². The van der Waals surface area contributed by atoms with Crippen LogP contribution in [0.4, 0.5) is 9.52 Å². The normalized spacial score (nSPS) is 10.6. The van der Waals surface area contributed by atoms with Crippen LogP contribution >= 0.6 is 38.9 Å². The number of nitrogen functional groups attached to an aromatic ring is 1. The maximum Gasteiger partial charge on any atom is 0.180 e. The van der Waals surface area contributed by atoms with E-state index >= 15 is 0 Å². The number of aromatic nitrogens is 1. The van der Waals surface area contributed by atoms with E-state index in [0.29, 0.717) is 25.1 Å². The van der Waals surface area contributed by atoms with Crippen LogP contribution < -0.4 is 5.73 Å². The number of hydrogen-bond donors (Lipinski definition) is 1. The fourth-order valence-corrected chi connectivity index (χ4v) is 2.54. The Labute approximate surface area is 103 Å². The zero-order valence-corrected chi connectivity index (χ0v) is 10.5. The molecule has 2 nitrogen and oxygen atoms in total. The number of nitrogens with zero attached hydrogens (tertiary/aromatic N) is 1. The van der Waals surface area contributed by atoms with Crippen molar-refractivity contribution in [3.05, 3.63) is 33.6 Å². The lowest BCUT2D eigenvalue weighted by Gasteiger charge is -2.04. The van der Waals surface area contributed by atoms with Crippen molar-refractivity contribution in [3.8, 4) is 10.4 Å². The average molecular weight is 308 g/mol. The van der Waals surface area contributed by atoms with Crippen LogP contribution in [0.25, 0.3) is 10.4 Å². The monoisotopic (exact) mass is 306 g/mol. The molecule has 0 radical (unpaired) electrons. The Kier molecular flexibility index (Phi) is 2.95. The van der Waals surface area contributed by atoms with Crippen molar-refractivity contribution in [1.82, 2.24) is 4.98 Å². The summed E-state index contributed by atoms with van der Waals surface area (Å²) in [7, 11) is 0. The predicted octanol–water partition coefficient (Wildman–Crippen LogP) is 3.95. The molecule has 2 rings (SSSR count). The van der Waals surface area contributed by atoms with E-state index in [1.54, 1.807) is 6.07 Å². The maximum absolute atomic E-state index is 13.6. The lowest BCUT2D eigenvalue weighted by molar-refractivity contribution is 0.631. The van der Waals surface area contributed by atoms with Gasteiger partial charge in [0.05, 0.1) is 9.90 Å². The molecule has 0 bridgehead atoms. The quantitative estimate of drug-likeness (QED) is 0.810. The van der Waals surface area contributed by atoms with Crippen LogP contribution in [-0.2, 0) is 0 Å². The molecule has 1 aromatic carbocycles. The first-order valence-electron chi connectivity index (χ1n) is 3.95. The van der Waals surface area contributed by atoms with Crippen molar-refractivity contribution >= 4 is 44.0 Å². The molecule has 0 aliphatic carbocycles. The Bertz CT molecular complexity index is 515. The first kappa shape index (κ1) is 10.9. The van der Waals surface area contributed by atoms with Gasteiger partial charge >= 0.3 is 0 Å². The lowest BCUT2D eigenvalue weighted by Crippen LogP contribution is -1.84. The highest BCUT2D eigenvalue weighted by atomic mass is 79.9. The summed E-state index contributed by atoms with van der Waals surface area (Å²) in [4.78, 5) is 4.48. The maximum atomic E-state index is 13.6. The number of anilines is 1. The van der Waals surface area contributed by atoms with E-state index in [1.165, 1.54) is 23.6 Å². The van der Waals surface area contributed by atoms with Gasteiger partial charge in [0, 0.05) is 16.2 Å². The molecule has 6 heteroatoms. The van der Waals surface area contributed by atoms with Gasteiger partial charge in [-0.3, -0.25) is 0 Å². The largest absolute Gasteiger partial charge is 0.375 e. The highest BCUT2D eigenvalue weighted by Gasteiger charge is 2.14. The van der Waals surface area contributed by atoms with Crippen LogP contribution in [0.15, 0.2) is 22.8 Å². The topological polar surface area (TPSA) is 38.9 Å². The van der Waals surface area contributed by atoms with Crippen LogP contribution in [0.3, 0.4) is 0 Å². The minimum absolute atomic E-state index is 0.332. The van der Waals surface area contributed by atoms with Gasteiger partial charge in [-0.05, 0) is 28.1 Å². The van der Waals surface area contributed by atoms with Crippen molar-refractivity contribution < 1.29 is 4.39 Å². The van der Waals surface area contributed by atoms with Gasteiger partial charge in [-0.1, -0.05) is 22.9 Å². The van der Waals surface area contributed by atoms with Crippen LogP contribution in [0.1, 0.15) is 0 Å². The Morgan fingerprint density at radius 1 is 1.47 bits per heavy atom. The van der Waals surface area contributed by atoms with E-state index in [4.69, 9.17) is 17.3 Å². The zero-order valence-electron chi connectivity index (χ0n) is 7.30. The fourth-order valence-electron chi connectivity index (χ4n) is 1.16. The molecule has 0 aliphatic heterocycles. The Hall–Kier alpha value is -0.650. The van der Waals surface area contributed by atoms with E-state index in [-0.39, 0.29) is 5.82 Å². The first-order chi connectivity index (χ1) is 7.09. The summed E-state index contributed by atoms with van der Waals surface area (Å²) in [5.41, 5.74) is 5.82. The minimum atomic E-state index is -0.383. The van der Waals surface area contributed by atoms with Gasteiger partial charge in [0.25, 0.3) is 0 Å². The molecule has 15 heavy (non-hydrogen) atoms. The zero-order chi connectivity index (χ0) is 11.0. The molecule has 0 amide bonds. The van der Waals surface area contributed by atoms with Gasteiger partial charge < -0.3 is 5.73 Å². The lowest BCUT2D eigenvalue weighted by atomic mass is 10.2. The van der Waals surface area contributed by atoms with Gasteiger partial charge in [-0.25, -0.2) is 9.37 Å². The van der Waals surface area contributed by atoms with Crippen molar-refractivity contribution in [2.75, 3.05) is 5.73 Å². The highest BCUT2D eigenvalue weighted by molar-refractivity contribution is 9.10. The number of halogens is 3. The number of hydrogen-bond acceptors (Lipinski definition) is 3. The van der Waals surface area contributed by atoms with Crippen molar-refractivity contribution in [1.29, 1.82) is 0 Å². The molecule has 1 aromatic heterocycles. The SMILES string of the molecule is Nc1ncc(-c2c(F)ccc(Br)c2Cl)s1. The van der Waals surface area contributed by atoms with Crippen molar-refractivity contribution in [3.63, 3.8) is 0 Å². The second-order valence-electron chi connectivity index (χ2n) is 2.78. The van der Waals surface area contributed by atoms with Crippen LogP contribution in [-0.4, -0.2) is 4.98 Å². The molecule has 0 spiro atoms. The van der Waals surface area contributed by atoms with Crippen molar-refractivity contribution in [2.24, 2.45) is 0 Å². The number of nitrogens with two attached hydrogens (primary N) is 1. The third-order valence-electron chi connectivity index (χ3n) is 1.81. The summed E-state index contributed by atoms with van der Waals surface area (Å²) in [5, 5.41) is 0.721. The molecule has 78 valence electrons. The second-order valence-corrected chi connectivity index (χ2v) is 5.08. The van der Waals surface area contributed by atoms with E-state index in [1.807, 2.05) is 0 Å². The standard InChI is InChI=1S/C9H5BrClFN2S/c10-4-1-2-5(12)7(8(4)11)6-3-14-9(13)15-6/h1-3H,(H2,13,14). The average Bonchev–Trinajstić information content (AvgIpc) is 2.59. The van der Waals surface area contributed by atoms with Gasteiger partial charge in [-0.15, -0.1) is 0 Å². The summed E-state index contributed by atoms with van der Waals surface area (Å²) >= 11 is 10.4. The number of rotatable bonds is 1. The highest BCUT2D eigenvalue weighted by Crippen LogP contribution is 2.38. The summed E-state index contributed by atoms with van der Waals surface area (Å²) in [6.45, 7) is 0. The van der Waals surface area contributed by atoms with Gasteiger partial charge in [0.1, 0.15) is 5.82 Å². The Morgan fingerprint density at radius 2 is 2.20 bits per heavy atom.